The smallest absolute Gasteiger partial charge is 0.347 e. The quantitative estimate of drug-likeness (QED) is 0.676. The van der Waals surface area contributed by atoms with Crippen LogP contribution < -0.4 is 5.32 Å². The van der Waals surface area contributed by atoms with Crippen molar-refractivity contribution in [1.82, 2.24) is 15.2 Å². The van der Waals surface area contributed by atoms with Crippen LogP contribution in [0.4, 0.5) is 13.2 Å². The van der Waals surface area contributed by atoms with Crippen molar-refractivity contribution >= 4 is 5.96 Å². The highest BCUT2D eigenvalue weighted by molar-refractivity contribution is 5.81. The first kappa shape index (κ1) is 14.8. The molecular formula is C11H10F3N5O2. The maximum atomic E-state index is 12.4. The van der Waals surface area contributed by atoms with E-state index in [2.05, 4.69) is 15.4 Å². The lowest BCUT2D eigenvalue weighted by atomic mass is 10.2. The molecule has 0 atom stereocenters. The molecular weight excluding hydrogens is 291 g/mol. The minimum absolute atomic E-state index is 0.0161. The fourth-order valence-corrected chi connectivity index (χ4v) is 1.68. The number of hydrogen-bond donors (Lipinski definition) is 1. The lowest BCUT2D eigenvalue weighted by molar-refractivity contribution is -0.485. The summed E-state index contributed by atoms with van der Waals surface area (Å²) < 4.78 is 37.2. The highest BCUT2D eigenvalue weighted by Gasteiger charge is 2.32. The van der Waals surface area contributed by atoms with Crippen LogP contribution in [0.5, 0.6) is 0 Å². The minimum atomic E-state index is -4.50. The molecule has 0 bridgehead atoms. The van der Waals surface area contributed by atoms with E-state index >= 15 is 0 Å². The maximum Gasteiger partial charge on any atom is 0.433 e. The lowest BCUT2D eigenvalue weighted by Gasteiger charge is -2.23. The Morgan fingerprint density at radius 1 is 1.48 bits per heavy atom. The number of halogens is 3. The minimum Gasteiger partial charge on any atom is -0.347 e. The SMILES string of the molecule is O=[N+]([O-])N=C1NCC=CN1Cc1ccc(C(F)(F)F)nc1. The van der Waals surface area contributed by atoms with E-state index in [0.717, 1.165) is 12.3 Å². The fourth-order valence-electron chi connectivity index (χ4n) is 1.68. The first-order valence-electron chi connectivity index (χ1n) is 5.78. The summed E-state index contributed by atoms with van der Waals surface area (Å²) in [6.07, 6.45) is -0.147. The van der Waals surface area contributed by atoms with Gasteiger partial charge in [-0.25, -0.2) is 10.1 Å². The molecule has 21 heavy (non-hydrogen) atoms. The zero-order valence-electron chi connectivity index (χ0n) is 10.5. The zero-order chi connectivity index (χ0) is 15.5. The summed E-state index contributed by atoms with van der Waals surface area (Å²) in [6, 6.07) is 2.13. The van der Waals surface area contributed by atoms with Crippen LogP contribution in [0.1, 0.15) is 11.3 Å². The third kappa shape index (κ3) is 3.91. The van der Waals surface area contributed by atoms with Gasteiger partial charge in [-0.2, -0.15) is 13.2 Å². The normalized spacial score (nSPS) is 16.9. The highest BCUT2D eigenvalue weighted by atomic mass is 19.4. The summed E-state index contributed by atoms with van der Waals surface area (Å²) in [5.74, 6) is 0.0161. The van der Waals surface area contributed by atoms with Gasteiger partial charge in [-0.05, 0) is 17.7 Å². The van der Waals surface area contributed by atoms with Crippen molar-refractivity contribution in [1.29, 1.82) is 0 Å². The molecule has 7 nitrogen and oxygen atoms in total. The first-order chi connectivity index (χ1) is 9.86. The predicted octanol–water partition coefficient (Wildman–Crippen LogP) is 1.57. The van der Waals surface area contributed by atoms with Crippen LogP contribution in [0.25, 0.3) is 0 Å². The Balaban J connectivity index is 2.14. The van der Waals surface area contributed by atoms with Gasteiger partial charge in [0.15, 0.2) is 5.03 Å². The summed E-state index contributed by atoms with van der Waals surface area (Å²) in [4.78, 5) is 15.2. The van der Waals surface area contributed by atoms with Gasteiger partial charge in [0, 0.05) is 18.9 Å². The summed E-state index contributed by atoms with van der Waals surface area (Å²) in [5.41, 5.74) is -0.523. The molecule has 1 aromatic rings. The van der Waals surface area contributed by atoms with Crippen LogP contribution in [0.15, 0.2) is 35.7 Å². The van der Waals surface area contributed by atoms with E-state index in [0.29, 0.717) is 12.1 Å². The molecule has 112 valence electrons. The average molecular weight is 301 g/mol. The van der Waals surface area contributed by atoms with Crippen molar-refractivity contribution in [2.45, 2.75) is 12.7 Å². The van der Waals surface area contributed by atoms with Crippen molar-refractivity contribution in [2.75, 3.05) is 6.54 Å². The number of pyridine rings is 1. The molecule has 1 aliphatic rings. The van der Waals surface area contributed by atoms with Gasteiger partial charge in [-0.15, -0.1) is 0 Å². The number of nitro groups is 1. The molecule has 0 amide bonds. The van der Waals surface area contributed by atoms with Crippen LogP contribution in [0, 0.1) is 10.1 Å². The van der Waals surface area contributed by atoms with Crippen molar-refractivity contribution in [2.24, 2.45) is 5.10 Å². The Morgan fingerprint density at radius 2 is 2.24 bits per heavy atom. The van der Waals surface area contributed by atoms with Gasteiger partial charge in [0.25, 0.3) is 5.96 Å². The second-order valence-electron chi connectivity index (χ2n) is 4.10. The van der Waals surface area contributed by atoms with E-state index in [1.807, 2.05) is 0 Å². The van der Waals surface area contributed by atoms with Crippen LogP contribution >= 0.6 is 0 Å². The molecule has 0 aliphatic carbocycles. The number of hydrogen-bond acceptors (Lipinski definition) is 3. The van der Waals surface area contributed by atoms with Gasteiger partial charge in [-0.3, -0.25) is 4.98 Å². The number of aromatic nitrogens is 1. The van der Waals surface area contributed by atoms with Gasteiger partial charge in [0.05, 0.1) is 6.54 Å². The van der Waals surface area contributed by atoms with Gasteiger partial charge >= 0.3 is 6.18 Å². The van der Waals surface area contributed by atoms with E-state index in [1.165, 1.54) is 11.0 Å². The van der Waals surface area contributed by atoms with Crippen molar-refractivity contribution in [3.8, 4) is 0 Å². The Kier molecular flexibility index (Phi) is 4.05. The van der Waals surface area contributed by atoms with Gasteiger partial charge in [0.2, 0.25) is 0 Å². The van der Waals surface area contributed by atoms with E-state index in [9.17, 15) is 23.3 Å². The Bertz CT molecular complexity index is 583. The molecule has 1 N–H and O–H groups in total. The maximum absolute atomic E-state index is 12.4. The summed E-state index contributed by atoms with van der Waals surface area (Å²) in [7, 11) is 0. The number of guanidine groups is 1. The molecule has 10 heteroatoms. The molecule has 1 aromatic heterocycles. The summed E-state index contributed by atoms with van der Waals surface area (Å²) >= 11 is 0. The molecule has 2 rings (SSSR count). The fraction of sp³-hybridized carbons (Fsp3) is 0.273. The molecule has 0 aromatic carbocycles. The molecule has 1 aliphatic heterocycles. The Morgan fingerprint density at radius 3 is 2.81 bits per heavy atom. The molecule has 0 saturated heterocycles. The van der Waals surface area contributed by atoms with Crippen molar-refractivity contribution < 1.29 is 18.2 Å². The largest absolute Gasteiger partial charge is 0.433 e. The third-order valence-corrected chi connectivity index (χ3v) is 2.58. The molecule has 2 heterocycles. The average Bonchev–Trinajstić information content (AvgIpc) is 2.40. The van der Waals surface area contributed by atoms with Crippen molar-refractivity contribution in [3.05, 3.63) is 52.0 Å². The van der Waals surface area contributed by atoms with E-state index in [1.54, 1.807) is 12.3 Å². The summed E-state index contributed by atoms with van der Waals surface area (Å²) in [5, 5.41) is 15.4. The topological polar surface area (TPSA) is 83.7 Å². The molecule has 0 fully saturated rings. The number of rotatable bonds is 3. The van der Waals surface area contributed by atoms with E-state index in [4.69, 9.17) is 0 Å². The highest BCUT2D eigenvalue weighted by Crippen LogP contribution is 2.27. The zero-order valence-corrected chi connectivity index (χ0v) is 10.5. The Hall–Kier alpha value is -2.65. The van der Waals surface area contributed by atoms with Crippen LogP contribution in [-0.2, 0) is 12.7 Å². The van der Waals surface area contributed by atoms with Crippen LogP contribution in [0.2, 0.25) is 0 Å². The summed E-state index contributed by atoms with van der Waals surface area (Å²) in [6.45, 7) is 0.496. The monoisotopic (exact) mass is 301 g/mol. The molecule has 0 saturated carbocycles. The second kappa shape index (κ2) is 5.77. The van der Waals surface area contributed by atoms with E-state index in [-0.39, 0.29) is 12.5 Å². The van der Waals surface area contributed by atoms with Gasteiger partial charge < -0.3 is 10.2 Å². The van der Waals surface area contributed by atoms with Crippen LogP contribution in [0.3, 0.4) is 0 Å². The van der Waals surface area contributed by atoms with Gasteiger partial charge in [0.1, 0.15) is 10.8 Å². The second-order valence-corrected chi connectivity index (χ2v) is 4.10. The van der Waals surface area contributed by atoms with E-state index < -0.39 is 16.9 Å². The molecule has 0 spiro atoms. The molecule has 0 radical (unpaired) electrons. The number of nitrogens with one attached hydrogen (secondary N) is 1. The predicted molar refractivity (Wildman–Crippen MR) is 66.4 cm³/mol. The lowest BCUT2D eigenvalue weighted by Crippen LogP contribution is -2.41. The number of hydrazone groups is 1. The number of alkyl halides is 3. The Labute approximate surface area is 116 Å². The van der Waals surface area contributed by atoms with Crippen molar-refractivity contribution in [3.63, 3.8) is 0 Å². The first-order valence-corrected chi connectivity index (χ1v) is 5.78. The third-order valence-electron chi connectivity index (χ3n) is 2.58. The van der Waals surface area contributed by atoms with Gasteiger partial charge in [-0.1, -0.05) is 6.07 Å². The van der Waals surface area contributed by atoms with Crippen LogP contribution in [-0.4, -0.2) is 27.4 Å². The number of nitrogens with zero attached hydrogens (tertiary/aromatic N) is 4. The standard InChI is InChI=1S/C11H10F3N5O2/c12-11(13,14)9-3-2-8(6-16-9)7-18-5-1-4-15-10(18)17-19(20)21/h1-3,5-6H,4,7H2,(H,15,17). The molecule has 0 unspecified atom stereocenters.